The van der Waals surface area contributed by atoms with Gasteiger partial charge in [0.1, 0.15) is 0 Å². The molecule has 0 radical (unpaired) electrons. The number of hydrogen-bond acceptors (Lipinski definition) is 10. The molecule has 6 aliphatic carbocycles. The molecule has 0 saturated heterocycles. The van der Waals surface area contributed by atoms with Crippen LogP contribution in [-0.2, 0) is 51.4 Å². The van der Waals surface area contributed by atoms with E-state index in [0.717, 1.165) is 38.5 Å². The summed E-state index contributed by atoms with van der Waals surface area (Å²) in [5.41, 5.74) is 45.1. The summed E-state index contributed by atoms with van der Waals surface area (Å²) in [6, 6.07) is 96.1. The first-order valence-corrected chi connectivity index (χ1v) is 54.7. The Morgan fingerprint density at radius 1 is 0.182 bits per heavy atom. The first-order valence-electron chi connectivity index (χ1n) is 46.4. The minimum absolute atomic E-state index is 0. The number of hydrogen-bond donors (Lipinski definition) is 0. The van der Waals surface area contributed by atoms with Gasteiger partial charge < -0.3 is 0 Å². The summed E-state index contributed by atoms with van der Waals surface area (Å²) < 4.78 is 21.2. The molecule has 642 valence electrons. The molecule has 132 heavy (non-hydrogen) atoms. The zero-order valence-corrected chi connectivity index (χ0v) is 82.2. The maximum absolute atomic E-state index is 2.52. The molecule has 2 aliphatic heterocycles. The van der Waals surface area contributed by atoms with Crippen LogP contribution >= 0.6 is 114 Å². The van der Waals surface area contributed by atoms with Crippen molar-refractivity contribution in [3.63, 3.8) is 0 Å². The lowest BCUT2D eigenvalue weighted by molar-refractivity contribution is 0.957. The van der Waals surface area contributed by atoms with Gasteiger partial charge in [-0.15, -0.1) is 114 Å². The van der Waals surface area contributed by atoms with Gasteiger partial charge in [0, 0.05) is 180 Å². The van der Waals surface area contributed by atoms with Crippen LogP contribution in [0.15, 0.2) is 252 Å². The number of fused-ring (bicyclic) bond motifs is 42. The van der Waals surface area contributed by atoms with Crippen molar-refractivity contribution < 1.29 is 8.56 Å². The summed E-state index contributed by atoms with van der Waals surface area (Å²) in [5.74, 6) is 0. The normalized spacial score (nSPS) is 15.3. The van der Waals surface area contributed by atoms with Gasteiger partial charge in [-0.2, -0.15) is 0 Å². The van der Waals surface area contributed by atoms with Gasteiger partial charge in [0.2, 0.25) is 0 Å². The lowest BCUT2D eigenvalue weighted by Crippen LogP contribution is -1.92. The molecule has 8 aromatic heterocycles. The second-order valence-electron chi connectivity index (χ2n) is 39.2. The highest BCUT2D eigenvalue weighted by atomic mass is 32.2. The van der Waals surface area contributed by atoms with Crippen molar-refractivity contribution >= 4 is 266 Å². The SMILES string of the molecule is Cc1cc2cc3c(cc2s1)-c1cc2sc4cc5c(cc4c2cc1C3)Cc1cc2c(cc1-5)SC(C)C2.Cc1ccc2c(c1)sc1cc(C)ccc12.Cc1ccc2c(c1)sc1cc3c(cc12)Cc1cc2c(cc1-3)sc1cc3c(cc12)Cc1cc2c(cc1-3)SC(C)C2.Cc1ccc2c(c1)sc1cc3c(cc12)Cc1cc2c(cc1-3)sc1cc3c(cc12)Cc1cc2c(cc1-3)sc1cc(C)ccc12.[2HH].[2HH].[2HH].[2HH].[2HH].[2HH]. The standard InChI is InChI=1S/C40H24S3.C36H24S3.C32H22S3.C14H12S.6H2/c1-19-3-5-25-31-11-21-9-23-13-33-34-14-24-10-22-12-32-26-6-4-20(2)8-36(26)42-38(32)16-28(22)30(24)18-40(34)43-39(33)17-29(23)27(21)15-37(31)41-35(25)7-19;1-17-3-4-24-29-10-21-8-22-12-31-30-11-20-7-19-9-23-6-18(2)37-32(23)13-25(19)26(20)15-35(30)39-36(31)16-28(22)27(21)14-34(29)38-33(24)5-17;1-15-3-21-7-17-5-19-9-27-28-10-20-6-18-8-22-4-16(2)34-30(22)12-24(18)26(20)14-32(28)35-31(27)13-25(19)23(17)11-29(21)33-15;1-9-3-5-11-12-6-4-10(2)8-14(12)15-13(11)7-9;;;;;;/h3-8,11-18H,9-10H2,1-2H3;3-5,9-16,18H,6-8H2,1-2H3;3,7-14,16H,4-6H2,1-2H3;3-8H,1-2H3;6*1H/i;;;;6*1+1. The number of aryl methyl sites for hydroxylation is 6. The Morgan fingerprint density at radius 3 is 0.629 bits per heavy atom. The average Bonchev–Trinajstić information content (AvgIpc) is 1.57. The van der Waals surface area contributed by atoms with E-state index in [4.69, 9.17) is 0 Å². The Morgan fingerprint density at radius 2 is 0.379 bits per heavy atom. The van der Waals surface area contributed by atoms with Gasteiger partial charge in [0.15, 0.2) is 0 Å². The van der Waals surface area contributed by atoms with Crippen molar-refractivity contribution in [3.8, 4) is 66.8 Å². The Hall–Kier alpha value is -11.1. The molecule has 10 heterocycles. The molecule has 0 nitrogen and oxygen atoms in total. The van der Waals surface area contributed by atoms with Crippen molar-refractivity contribution in [2.24, 2.45) is 0 Å². The summed E-state index contributed by atoms with van der Waals surface area (Å²) in [7, 11) is 0. The fourth-order valence-corrected chi connectivity index (χ4v) is 35.8. The molecule has 2 unspecified atom stereocenters. The monoisotopic (exact) mass is 1880 g/mol. The first kappa shape index (κ1) is 77.4. The quantitative estimate of drug-likeness (QED) is 0.148. The van der Waals surface area contributed by atoms with Gasteiger partial charge in [-0.3, -0.25) is 0 Å². The van der Waals surface area contributed by atoms with E-state index in [1.54, 1.807) is 11.1 Å². The van der Waals surface area contributed by atoms with Crippen molar-refractivity contribution in [2.75, 3.05) is 0 Å². The number of benzene rings is 17. The average molecular weight is 1890 g/mol. The highest BCUT2D eigenvalue weighted by Gasteiger charge is 2.33. The Labute approximate surface area is 813 Å². The lowest BCUT2D eigenvalue weighted by atomic mass is 10.00. The van der Waals surface area contributed by atoms with Crippen molar-refractivity contribution in [1.29, 1.82) is 0 Å². The molecular weight excluding hydrogens is 1790 g/mol. The smallest absolute Gasteiger partial charge is 0.0361 e. The molecule has 0 spiro atoms. The van der Waals surface area contributed by atoms with Crippen LogP contribution in [0.2, 0.25) is 0 Å². The fraction of sp³-hybridized carbons (Fsp3) is 0.148. The maximum atomic E-state index is 2.52. The van der Waals surface area contributed by atoms with Gasteiger partial charge in [-0.25, -0.2) is 0 Å². The maximum Gasteiger partial charge on any atom is 0.0361 e. The largest absolute Gasteiger partial charge is 0.141 e. The van der Waals surface area contributed by atoms with Crippen LogP contribution in [0.5, 0.6) is 0 Å². The van der Waals surface area contributed by atoms with E-state index in [-0.39, 0.29) is 8.56 Å². The summed E-state index contributed by atoms with van der Waals surface area (Å²) >= 11 is 19.6. The number of rotatable bonds is 0. The Bertz CT molecular complexity index is 9470. The Kier molecular flexibility index (Phi) is 16.6. The molecule has 25 aromatic rings. The van der Waals surface area contributed by atoms with Gasteiger partial charge in [0.05, 0.1) is 0 Å². The van der Waals surface area contributed by atoms with Gasteiger partial charge in [-0.05, 0) is 441 Å². The molecule has 0 bridgehead atoms. The van der Waals surface area contributed by atoms with E-state index >= 15 is 0 Å². The number of thioether (sulfide) groups is 2. The summed E-state index contributed by atoms with van der Waals surface area (Å²) in [4.78, 5) is 4.41. The highest BCUT2D eigenvalue weighted by molar-refractivity contribution is 8.00. The molecule has 10 heteroatoms. The lowest BCUT2D eigenvalue weighted by Gasteiger charge is -2.05. The van der Waals surface area contributed by atoms with Crippen molar-refractivity contribution in [3.05, 3.63) is 353 Å². The van der Waals surface area contributed by atoms with Crippen molar-refractivity contribution in [1.82, 2.24) is 0 Å². The minimum Gasteiger partial charge on any atom is -0.141 e. The van der Waals surface area contributed by atoms with Crippen molar-refractivity contribution in [2.45, 2.75) is 127 Å². The predicted octanol–water partition coefficient (Wildman–Crippen LogP) is 39.4. The van der Waals surface area contributed by atoms with Crippen LogP contribution in [0.1, 0.15) is 133 Å². The fourth-order valence-electron chi connectivity index (χ4n) is 24.1. The molecule has 0 saturated carbocycles. The molecule has 0 fully saturated rings. The van der Waals surface area contributed by atoms with E-state index < -0.39 is 0 Å². The van der Waals surface area contributed by atoms with Crippen LogP contribution in [0, 0.1) is 41.5 Å². The number of thiophene rings is 8. The molecule has 17 aromatic carbocycles. The summed E-state index contributed by atoms with van der Waals surface area (Å²) in [6.07, 6.45) is 8.73. The van der Waals surface area contributed by atoms with Gasteiger partial charge in [-0.1, -0.05) is 86.6 Å². The summed E-state index contributed by atoms with van der Waals surface area (Å²) in [5, 5.41) is 22.7. The molecule has 8 aliphatic rings. The van der Waals surface area contributed by atoms with Crippen LogP contribution in [0.4, 0.5) is 0 Å². The van der Waals surface area contributed by atoms with E-state index in [2.05, 4.69) is 322 Å². The molecule has 0 N–H and O–H groups in total. The Balaban J connectivity index is 0.000000103. The second-order valence-corrected chi connectivity index (χ2v) is 51.1. The van der Waals surface area contributed by atoms with Crippen LogP contribution < -0.4 is 0 Å². The zero-order valence-electron chi connectivity index (χ0n) is 74.0. The third-order valence-corrected chi connectivity index (χ3v) is 41.5. The molecule has 2 atom stereocenters. The highest BCUT2D eigenvalue weighted by Crippen LogP contribution is 2.57. The molecular formula is C122H94S10. The van der Waals surface area contributed by atoms with Gasteiger partial charge >= 0.3 is 0 Å². The topological polar surface area (TPSA) is 0 Å². The van der Waals surface area contributed by atoms with E-state index in [1.807, 2.05) is 90.7 Å². The van der Waals surface area contributed by atoms with E-state index in [9.17, 15) is 0 Å². The van der Waals surface area contributed by atoms with E-state index in [0.29, 0.717) is 10.5 Å². The van der Waals surface area contributed by atoms with Crippen LogP contribution in [-0.4, -0.2) is 10.5 Å². The van der Waals surface area contributed by atoms with Crippen LogP contribution in [0.3, 0.4) is 0 Å². The van der Waals surface area contributed by atoms with Gasteiger partial charge in [0.25, 0.3) is 0 Å². The third-order valence-electron chi connectivity index (χ3n) is 30.2. The molecule has 0 amide bonds. The minimum atomic E-state index is 0. The summed E-state index contributed by atoms with van der Waals surface area (Å²) in [6.45, 7) is 17.8. The zero-order chi connectivity index (χ0) is 87.1. The van der Waals surface area contributed by atoms with Crippen LogP contribution in [0.25, 0.3) is 218 Å². The predicted molar refractivity (Wildman–Crippen MR) is 600 cm³/mol. The third kappa shape index (κ3) is 11.8. The van der Waals surface area contributed by atoms with E-state index in [1.165, 1.54) is 340 Å². The molecule has 33 rings (SSSR count). The second kappa shape index (κ2) is 28.3. The first-order chi connectivity index (χ1) is 64.4.